The minimum atomic E-state index is -4.53. The fraction of sp³-hybridized carbons (Fsp3) is 0.278. The number of carbonyl (C=O) groups is 2. The lowest BCUT2D eigenvalue weighted by atomic mass is 10.2. The van der Waals surface area contributed by atoms with Gasteiger partial charge in [-0.2, -0.15) is 13.2 Å². The van der Waals surface area contributed by atoms with Gasteiger partial charge in [-0.25, -0.2) is 4.98 Å². The van der Waals surface area contributed by atoms with Crippen LogP contribution < -0.4 is 10.2 Å². The number of rotatable bonds is 5. The zero-order valence-corrected chi connectivity index (χ0v) is 16.0. The van der Waals surface area contributed by atoms with E-state index in [1.807, 2.05) is 0 Å². The minimum absolute atomic E-state index is 0.00295. The lowest BCUT2D eigenvalue weighted by Crippen LogP contribution is -2.26. The molecule has 1 aliphatic rings. The number of halogens is 4. The molecule has 1 N–H and O–H groups in total. The van der Waals surface area contributed by atoms with Gasteiger partial charge in [0.05, 0.1) is 27.7 Å². The molecule has 1 aromatic carbocycles. The molecule has 1 fully saturated rings. The summed E-state index contributed by atoms with van der Waals surface area (Å²) in [6.07, 6.45) is -2.63. The molecule has 10 heteroatoms. The van der Waals surface area contributed by atoms with Crippen molar-refractivity contribution in [2.45, 2.75) is 24.0 Å². The number of benzene rings is 1. The third-order valence-electron chi connectivity index (χ3n) is 4.02. The van der Waals surface area contributed by atoms with E-state index in [1.165, 1.54) is 0 Å². The van der Waals surface area contributed by atoms with Gasteiger partial charge in [-0.05, 0) is 24.6 Å². The summed E-state index contributed by atoms with van der Waals surface area (Å²) in [6, 6.07) is 7.73. The van der Waals surface area contributed by atoms with Crippen molar-refractivity contribution in [2.75, 3.05) is 22.5 Å². The summed E-state index contributed by atoms with van der Waals surface area (Å²) < 4.78 is 38.0. The summed E-state index contributed by atoms with van der Waals surface area (Å²) >= 11 is 6.78. The van der Waals surface area contributed by atoms with E-state index in [2.05, 4.69) is 10.3 Å². The highest BCUT2D eigenvalue weighted by atomic mass is 35.5. The van der Waals surface area contributed by atoms with Crippen LogP contribution in [0.3, 0.4) is 0 Å². The maximum absolute atomic E-state index is 12.7. The Labute approximate surface area is 168 Å². The highest BCUT2D eigenvalue weighted by Gasteiger charge is 2.31. The summed E-state index contributed by atoms with van der Waals surface area (Å²) in [5.41, 5.74) is 0.166. The Kier molecular flexibility index (Phi) is 6.14. The second kappa shape index (κ2) is 8.40. The SMILES string of the molecule is O=C(CSc1ncc(C(F)(F)F)cc1Cl)Nc1ccccc1N1CCCC1=O. The van der Waals surface area contributed by atoms with E-state index in [0.717, 1.165) is 24.2 Å². The Morgan fingerprint density at radius 3 is 2.71 bits per heavy atom. The van der Waals surface area contributed by atoms with Crippen LogP contribution in [0, 0.1) is 0 Å². The Morgan fingerprint density at radius 2 is 2.07 bits per heavy atom. The average molecular weight is 430 g/mol. The first-order valence-electron chi connectivity index (χ1n) is 8.30. The molecule has 28 heavy (non-hydrogen) atoms. The number of thioether (sulfide) groups is 1. The van der Waals surface area contributed by atoms with Gasteiger partial charge in [0.2, 0.25) is 11.8 Å². The van der Waals surface area contributed by atoms with Crippen molar-refractivity contribution in [1.29, 1.82) is 0 Å². The first-order valence-corrected chi connectivity index (χ1v) is 9.67. The van der Waals surface area contributed by atoms with Crippen LogP contribution in [0.5, 0.6) is 0 Å². The van der Waals surface area contributed by atoms with Crippen LogP contribution in [0.4, 0.5) is 24.5 Å². The summed E-state index contributed by atoms with van der Waals surface area (Å²) in [5.74, 6) is -0.487. The Morgan fingerprint density at radius 1 is 1.32 bits per heavy atom. The van der Waals surface area contributed by atoms with E-state index in [0.29, 0.717) is 30.5 Å². The summed E-state index contributed by atoms with van der Waals surface area (Å²) in [5, 5.41) is 2.69. The highest BCUT2D eigenvalue weighted by molar-refractivity contribution is 8.00. The second-order valence-corrected chi connectivity index (χ2v) is 7.38. The summed E-state index contributed by atoms with van der Waals surface area (Å²) in [6.45, 7) is 0.589. The molecule has 0 radical (unpaired) electrons. The molecular formula is C18H15ClF3N3O2S. The van der Waals surface area contributed by atoms with Gasteiger partial charge in [0, 0.05) is 19.2 Å². The molecule has 0 bridgehead atoms. The molecule has 2 aromatic rings. The number of carbonyl (C=O) groups excluding carboxylic acids is 2. The fourth-order valence-corrected chi connectivity index (χ4v) is 3.72. The zero-order valence-electron chi connectivity index (χ0n) is 14.4. The van der Waals surface area contributed by atoms with Gasteiger partial charge in [-0.3, -0.25) is 9.59 Å². The van der Waals surface area contributed by atoms with Gasteiger partial charge in [-0.1, -0.05) is 35.5 Å². The number of amides is 2. The van der Waals surface area contributed by atoms with Crippen molar-refractivity contribution in [1.82, 2.24) is 4.98 Å². The van der Waals surface area contributed by atoms with Crippen molar-refractivity contribution in [3.8, 4) is 0 Å². The molecule has 1 saturated heterocycles. The van der Waals surface area contributed by atoms with Crippen LogP contribution in [0.25, 0.3) is 0 Å². The van der Waals surface area contributed by atoms with E-state index in [-0.39, 0.29) is 27.6 Å². The number of hydrogen-bond acceptors (Lipinski definition) is 4. The van der Waals surface area contributed by atoms with Crippen LogP contribution >= 0.6 is 23.4 Å². The number of aromatic nitrogens is 1. The number of pyridine rings is 1. The van der Waals surface area contributed by atoms with E-state index in [9.17, 15) is 22.8 Å². The number of nitrogens with one attached hydrogen (secondary N) is 1. The van der Waals surface area contributed by atoms with E-state index in [1.54, 1.807) is 29.2 Å². The number of para-hydroxylation sites is 2. The van der Waals surface area contributed by atoms with Gasteiger partial charge in [0.1, 0.15) is 5.03 Å². The largest absolute Gasteiger partial charge is 0.417 e. The maximum atomic E-state index is 12.7. The van der Waals surface area contributed by atoms with Crippen molar-refractivity contribution >= 4 is 46.6 Å². The molecular weight excluding hydrogens is 415 g/mol. The smallest absolute Gasteiger partial charge is 0.324 e. The molecule has 0 unspecified atom stereocenters. The Hall–Kier alpha value is -2.26. The normalized spacial score (nSPS) is 14.4. The Bertz CT molecular complexity index is 908. The quantitative estimate of drug-likeness (QED) is 0.705. The molecule has 0 atom stereocenters. The average Bonchev–Trinajstić information content (AvgIpc) is 3.06. The number of nitrogens with zero attached hydrogens (tertiary/aromatic N) is 2. The highest BCUT2D eigenvalue weighted by Crippen LogP contribution is 2.34. The van der Waals surface area contributed by atoms with Crippen LogP contribution in [-0.4, -0.2) is 29.1 Å². The molecule has 2 amide bonds. The van der Waals surface area contributed by atoms with E-state index < -0.39 is 11.7 Å². The van der Waals surface area contributed by atoms with Gasteiger partial charge in [0.15, 0.2) is 0 Å². The van der Waals surface area contributed by atoms with Gasteiger partial charge in [0.25, 0.3) is 0 Å². The van der Waals surface area contributed by atoms with Gasteiger partial charge in [-0.15, -0.1) is 0 Å². The molecule has 5 nitrogen and oxygen atoms in total. The second-order valence-electron chi connectivity index (χ2n) is 6.01. The lowest BCUT2D eigenvalue weighted by molar-refractivity contribution is -0.137. The molecule has 0 spiro atoms. The fourth-order valence-electron chi connectivity index (χ4n) is 2.72. The molecule has 1 aliphatic heterocycles. The topological polar surface area (TPSA) is 62.3 Å². The zero-order chi connectivity index (χ0) is 20.3. The minimum Gasteiger partial charge on any atom is -0.324 e. The van der Waals surface area contributed by atoms with E-state index >= 15 is 0 Å². The van der Waals surface area contributed by atoms with Gasteiger partial charge >= 0.3 is 6.18 Å². The molecule has 148 valence electrons. The summed E-state index contributed by atoms with van der Waals surface area (Å²) in [7, 11) is 0. The van der Waals surface area contributed by atoms with Gasteiger partial charge < -0.3 is 10.2 Å². The predicted molar refractivity (Wildman–Crippen MR) is 102 cm³/mol. The number of alkyl halides is 3. The summed E-state index contributed by atoms with van der Waals surface area (Å²) in [4.78, 5) is 29.6. The van der Waals surface area contributed by atoms with Crippen molar-refractivity contribution < 1.29 is 22.8 Å². The van der Waals surface area contributed by atoms with Crippen LogP contribution in [0.2, 0.25) is 5.02 Å². The lowest BCUT2D eigenvalue weighted by Gasteiger charge is -2.19. The molecule has 0 aliphatic carbocycles. The first kappa shape index (κ1) is 20.5. The predicted octanol–water partition coefficient (Wildman–Crippen LogP) is 4.61. The third-order valence-corrected chi connectivity index (χ3v) is 5.42. The standard InChI is InChI=1S/C18H15ClF3N3O2S/c19-12-8-11(18(20,21)22)9-23-17(12)28-10-15(26)24-13-4-1-2-5-14(13)25-7-3-6-16(25)27/h1-2,4-5,8-9H,3,6-7,10H2,(H,24,26). The van der Waals surface area contributed by atoms with E-state index in [4.69, 9.17) is 11.6 Å². The monoisotopic (exact) mass is 429 g/mol. The van der Waals surface area contributed by atoms with Crippen molar-refractivity contribution in [3.05, 3.63) is 47.1 Å². The first-order chi connectivity index (χ1) is 13.3. The van der Waals surface area contributed by atoms with Crippen LogP contribution in [0.1, 0.15) is 18.4 Å². The Balaban J connectivity index is 1.65. The van der Waals surface area contributed by atoms with Crippen LogP contribution in [-0.2, 0) is 15.8 Å². The van der Waals surface area contributed by atoms with Crippen LogP contribution in [0.15, 0.2) is 41.6 Å². The molecule has 1 aromatic heterocycles. The molecule has 0 saturated carbocycles. The van der Waals surface area contributed by atoms with Crippen molar-refractivity contribution in [3.63, 3.8) is 0 Å². The number of hydrogen-bond donors (Lipinski definition) is 1. The third kappa shape index (κ3) is 4.77. The molecule has 3 rings (SSSR count). The number of anilines is 2. The molecule has 2 heterocycles. The van der Waals surface area contributed by atoms with Crippen molar-refractivity contribution in [2.24, 2.45) is 0 Å². The maximum Gasteiger partial charge on any atom is 0.417 e.